The first-order valence-corrected chi connectivity index (χ1v) is 9.64. The molecule has 0 aliphatic carbocycles. The molecule has 1 atom stereocenters. The van der Waals surface area contributed by atoms with Gasteiger partial charge in [-0.15, -0.1) is 11.3 Å². The van der Waals surface area contributed by atoms with E-state index >= 15 is 0 Å². The van der Waals surface area contributed by atoms with Gasteiger partial charge in [0.1, 0.15) is 0 Å². The lowest BCUT2D eigenvalue weighted by molar-refractivity contribution is 0.112. The van der Waals surface area contributed by atoms with Gasteiger partial charge in [0.15, 0.2) is 0 Å². The highest BCUT2D eigenvalue weighted by atomic mass is 32.1. The Bertz CT molecular complexity index is 672. The molecule has 0 saturated carbocycles. The highest BCUT2D eigenvalue weighted by Crippen LogP contribution is 2.32. The molecule has 3 nitrogen and oxygen atoms in total. The van der Waals surface area contributed by atoms with Crippen molar-refractivity contribution in [2.24, 2.45) is 0 Å². The van der Waals surface area contributed by atoms with Crippen LogP contribution in [0.5, 0.6) is 0 Å². The van der Waals surface area contributed by atoms with Crippen molar-refractivity contribution in [2.75, 3.05) is 46.3 Å². The Morgan fingerprint density at radius 3 is 2.70 bits per heavy atom. The van der Waals surface area contributed by atoms with Crippen LogP contribution in [-0.2, 0) is 6.54 Å². The number of nitrogens with zero attached hydrogens (tertiary/aromatic N) is 3. The Hall–Kier alpha value is -0.940. The number of hydrogen-bond donors (Lipinski definition) is 0. The van der Waals surface area contributed by atoms with Crippen molar-refractivity contribution in [3.8, 4) is 0 Å². The Morgan fingerprint density at radius 2 is 1.87 bits per heavy atom. The minimum absolute atomic E-state index is 0.772. The van der Waals surface area contributed by atoms with Gasteiger partial charge in [0.2, 0.25) is 0 Å². The van der Waals surface area contributed by atoms with Crippen LogP contribution in [0.2, 0.25) is 0 Å². The molecular weight excluding hydrogens is 302 g/mol. The molecule has 0 radical (unpaired) electrons. The molecule has 0 amide bonds. The van der Waals surface area contributed by atoms with Crippen molar-refractivity contribution in [1.29, 1.82) is 0 Å². The van der Waals surface area contributed by atoms with E-state index in [9.17, 15) is 0 Å². The molecule has 0 bridgehead atoms. The molecule has 2 aliphatic heterocycles. The summed E-state index contributed by atoms with van der Waals surface area (Å²) in [6, 6.07) is 9.65. The maximum absolute atomic E-state index is 2.72. The van der Waals surface area contributed by atoms with Crippen molar-refractivity contribution in [3.63, 3.8) is 0 Å². The number of hydrogen-bond acceptors (Lipinski definition) is 4. The summed E-state index contributed by atoms with van der Waals surface area (Å²) in [7, 11) is 2.24. The van der Waals surface area contributed by atoms with Gasteiger partial charge in [-0.2, -0.15) is 0 Å². The molecule has 2 aliphatic rings. The van der Waals surface area contributed by atoms with Crippen LogP contribution in [0.4, 0.5) is 0 Å². The number of likely N-dealkylation sites (tertiary alicyclic amines) is 1. The van der Waals surface area contributed by atoms with E-state index in [1.807, 2.05) is 11.3 Å². The first-order chi connectivity index (χ1) is 11.2. The predicted octanol–water partition coefficient (Wildman–Crippen LogP) is 3.03. The molecule has 0 unspecified atom stereocenters. The maximum atomic E-state index is 2.72. The number of thiophene rings is 1. The average Bonchev–Trinajstić information content (AvgIpc) is 3.14. The molecule has 0 spiro atoms. The topological polar surface area (TPSA) is 9.72 Å². The second-order valence-electron chi connectivity index (χ2n) is 7.15. The van der Waals surface area contributed by atoms with Gasteiger partial charge in [0.05, 0.1) is 0 Å². The second kappa shape index (κ2) is 6.52. The highest BCUT2D eigenvalue weighted by Gasteiger charge is 2.29. The van der Waals surface area contributed by atoms with Crippen molar-refractivity contribution >= 4 is 21.4 Å². The van der Waals surface area contributed by atoms with E-state index < -0.39 is 0 Å². The molecule has 4 heteroatoms. The van der Waals surface area contributed by atoms with Crippen LogP contribution in [0.25, 0.3) is 10.1 Å². The molecule has 2 fully saturated rings. The zero-order valence-corrected chi connectivity index (χ0v) is 15.1. The van der Waals surface area contributed by atoms with Crippen molar-refractivity contribution in [2.45, 2.75) is 25.9 Å². The van der Waals surface area contributed by atoms with E-state index in [1.54, 1.807) is 5.56 Å². The van der Waals surface area contributed by atoms with E-state index in [2.05, 4.69) is 52.9 Å². The summed E-state index contributed by atoms with van der Waals surface area (Å²) < 4.78 is 1.44. The SMILES string of the molecule is Cc1sc2ccccc2c1CN1CC[C@@H](N2CCN(C)CC2)C1. The standard InChI is InChI=1S/C19H27N3S/c1-15-18(17-5-3-4-6-19(17)23-15)14-21-8-7-16(13-21)22-11-9-20(2)10-12-22/h3-6,16H,7-14H2,1-2H3/t16-/m1/s1. The van der Waals surface area contributed by atoms with Crippen LogP contribution in [0.15, 0.2) is 24.3 Å². The monoisotopic (exact) mass is 329 g/mol. The number of piperazine rings is 1. The van der Waals surface area contributed by atoms with Gasteiger partial charge in [-0.25, -0.2) is 0 Å². The molecule has 3 heterocycles. The summed E-state index contributed by atoms with van der Waals surface area (Å²) in [6.45, 7) is 10.8. The largest absolute Gasteiger partial charge is 0.304 e. The van der Waals surface area contributed by atoms with E-state index in [0.717, 1.165) is 12.6 Å². The van der Waals surface area contributed by atoms with Crippen molar-refractivity contribution in [1.82, 2.24) is 14.7 Å². The average molecular weight is 330 g/mol. The predicted molar refractivity (Wildman–Crippen MR) is 99.3 cm³/mol. The fourth-order valence-corrected chi connectivity index (χ4v) is 5.16. The highest BCUT2D eigenvalue weighted by molar-refractivity contribution is 7.19. The molecule has 23 heavy (non-hydrogen) atoms. The molecule has 124 valence electrons. The van der Waals surface area contributed by atoms with Crippen LogP contribution >= 0.6 is 11.3 Å². The minimum atomic E-state index is 0.772. The zero-order valence-electron chi connectivity index (χ0n) is 14.3. The Kier molecular flexibility index (Phi) is 4.41. The number of rotatable bonds is 3. The molecular formula is C19H27N3S. The summed E-state index contributed by atoms with van der Waals surface area (Å²) in [5.41, 5.74) is 1.56. The van der Waals surface area contributed by atoms with Crippen molar-refractivity contribution < 1.29 is 0 Å². The Balaban J connectivity index is 1.43. The first-order valence-electron chi connectivity index (χ1n) is 8.82. The summed E-state index contributed by atoms with van der Waals surface area (Å²) in [5.74, 6) is 0. The van der Waals surface area contributed by atoms with E-state index in [-0.39, 0.29) is 0 Å². The third-order valence-corrected chi connectivity index (χ3v) is 6.71. The fraction of sp³-hybridized carbons (Fsp3) is 0.579. The molecule has 1 aromatic carbocycles. The smallest absolute Gasteiger partial charge is 0.0348 e. The summed E-state index contributed by atoms with van der Waals surface area (Å²) in [4.78, 5) is 9.34. The molecule has 2 aromatic rings. The van der Waals surface area contributed by atoms with Gasteiger partial charge in [-0.3, -0.25) is 9.80 Å². The van der Waals surface area contributed by atoms with E-state index in [1.165, 1.54) is 60.7 Å². The first kappa shape index (κ1) is 15.6. The van der Waals surface area contributed by atoms with Gasteiger partial charge in [-0.05, 0) is 37.4 Å². The van der Waals surface area contributed by atoms with Crippen LogP contribution < -0.4 is 0 Å². The quantitative estimate of drug-likeness (QED) is 0.857. The Morgan fingerprint density at radius 1 is 1.09 bits per heavy atom. The van der Waals surface area contributed by atoms with Crippen LogP contribution in [0.3, 0.4) is 0 Å². The third-order valence-electron chi connectivity index (χ3n) is 5.58. The number of aryl methyl sites for hydroxylation is 1. The van der Waals surface area contributed by atoms with Crippen LogP contribution in [-0.4, -0.2) is 67.1 Å². The minimum Gasteiger partial charge on any atom is -0.304 e. The lowest BCUT2D eigenvalue weighted by atomic mass is 10.1. The summed E-state index contributed by atoms with van der Waals surface area (Å²) >= 11 is 1.95. The van der Waals surface area contributed by atoms with Gasteiger partial charge in [-0.1, -0.05) is 18.2 Å². The van der Waals surface area contributed by atoms with Gasteiger partial charge >= 0.3 is 0 Å². The summed E-state index contributed by atoms with van der Waals surface area (Å²) in [6.07, 6.45) is 1.34. The maximum Gasteiger partial charge on any atom is 0.0348 e. The van der Waals surface area contributed by atoms with E-state index in [4.69, 9.17) is 0 Å². The zero-order chi connectivity index (χ0) is 15.8. The number of likely N-dealkylation sites (N-methyl/N-ethyl adjacent to an activating group) is 1. The lowest BCUT2D eigenvalue weighted by Crippen LogP contribution is -2.49. The van der Waals surface area contributed by atoms with E-state index in [0.29, 0.717) is 0 Å². The molecule has 0 N–H and O–H groups in total. The van der Waals surface area contributed by atoms with Gasteiger partial charge < -0.3 is 4.90 Å². The van der Waals surface area contributed by atoms with Gasteiger partial charge in [0.25, 0.3) is 0 Å². The fourth-order valence-electron chi connectivity index (χ4n) is 4.08. The second-order valence-corrected chi connectivity index (χ2v) is 8.41. The number of benzene rings is 1. The molecule has 4 rings (SSSR count). The third kappa shape index (κ3) is 3.18. The van der Waals surface area contributed by atoms with Crippen molar-refractivity contribution in [3.05, 3.63) is 34.7 Å². The van der Waals surface area contributed by atoms with Crippen LogP contribution in [0.1, 0.15) is 16.9 Å². The lowest BCUT2D eigenvalue weighted by Gasteiger charge is -2.36. The molecule has 1 aromatic heterocycles. The Labute approximate surface area is 143 Å². The van der Waals surface area contributed by atoms with Gasteiger partial charge in [0, 0.05) is 61.4 Å². The summed E-state index contributed by atoms with van der Waals surface area (Å²) in [5, 5.41) is 1.47. The normalized spacial score (nSPS) is 24.7. The van der Waals surface area contributed by atoms with Crippen LogP contribution in [0, 0.1) is 6.92 Å². The molecule has 2 saturated heterocycles. The number of fused-ring (bicyclic) bond motifs is 1.